The van der Waals surface area contributed by atoms with E-state index in [2.05, 4.69) is 25.3 Å². The van der Waals surface area contributed by atoms with Crippen molar-refractivity contribution in [2.45, 2.75) is 13.0 Å². The molecule has 11 heteroatoms. The number of benzene rings is 1. The number of nitrogens with two attached hydrogens (primary N) is 1. The molecule has 0 radical (unpaired) electrons. The highest BCUT2D eigenvalue weighted by Crippen LogP contribution is 2.26. The Bertz CT molecular complexity index is 857. The summed E-state index contributed by atoms with van der Waals surface area (Å²) in [5.41, 5.74) is 2.04. The van der Waals surface area contributed by atoms with Crippen LogP contribution in [0.25, 0.3) is 0 Å². The van der Waals surface area contributed by atoms with Gasteiger partial charge in [-0.1, -0.05) is 12.1 Å². The molecule has 24 heavy (non-hydrogen) atoms. The van der Waals surface area contributed by atoms with E-state index in [0.29, 0.717) is 23.9 Å². The van der Waals surface area contributed by atoms with Crippen LogP contribution >= 0.6 is 12.4 Å². The molecule has 5 N–H and O–H groups in total. The molecular formula is C13H15ClN6O3S. The smallest absolute Gasteiger partial charge is 0.296 e. The number of carbonyl (C=O) groups is 1. The largest absolute Gasteiger partial charge is 0.366 e. The first-order valence-electron chi connectivity index (χ1n) is 6.68. The Kier molecular flexibility index (Phi) is 5.22. The number of fused-ring (bicyclic) bond motifs is 1. The standard InChI is InChI=1S/C13H14N6O3S.ClH/c14-23(21,22)19-9-3-1-8(2-4-9)6-15-12-10-5-11(20)18-13(10)17-7-16-12;/h1-4,7,19H,5-6H2,(H2,14,21,22)(H2,15,16,17,18,20);1H. The fourth-order valence-corrected chi connectivity index (χ4v) is 2.68. The van der Waals surface area contributed by atoms with Crippen molar-refractivity contribution in [1.29, 1.82) is 0 Å². The van der Waals surface area contributed by atoms with Crippen LogP contribution in [-0.2, 0) is 28.0 Å². The number of nitrogens with zero attached hydrogens (tertiary/aromatic N) is 2. The Balaban J connectivity index is 0.00000208. The SMILES string of the molecule is Cl.NS(=O)(=O)Nc1ccc(CNc2ncnc3c2CC(=O)N3)cc1. The summed E-state index contributed by atoms with van der Waals surface area (Å²) in [6.07, 6.45) is 1.63. The summed E-state index contributed by atoms with van der Waals surface area (Å²) in [4.78, 5) is 19.6. The molecule has 0 atom stereocenters. The van der Waals surface area contributed by atoms with E-state index in [1.165, 1.54) is 6.33 Å². The molecule has 1 aromatic carbocycles. The molecule has 1 amide bonds. The summed E-state index contributed by atoms with van der Waals surface area (Å²) in [5.74, 6) is 1.02. The van der Waals surface area contributed by atoms with Gasteiger partial charge in [-0.2, -0.15) is 8.42 Å². The second-order valence-corrected chi connectivity index (χ2v) is 6.27. The Morgan fingerprint density at radius 3 is 2.58 bits per heavy atom. The Morgan fingerprint density at radius 1 is 1.21 bits per heavy atom. The van der Waals surface area contributed by atoms with Crippen LogP contribution in [0.15, 0.2) is 30.6 Å². The Morgan fingerprint density at radius 2 is 1.92 bits per heavy atom. The van der Waals surface area contributed by atoms with Crippen LogP contribution in [0.2, 0.25) is 0 Å². The van der Waals surface area contributed by atoms with Crippen LogP contribution in [0, 0.1) is 0 Å². The summed E-state index contributed by atoms with van der Waals surface area (Å²) < 4.78 is 24.1. The van der Waals surface area contributed by atoms with Gasteiger partial charge < -0.3 is 10.6 Å². The zero-order chi connectivity index (χ0) is 16.4. The van der Waals surface area contributed by atoms with E-state index in [0.717, 1.165) is 11.1 Å². The number of hydrogen-bond acceptors (Lipinski definition) is 6. The van der Waals surface area contributed by atoms with Crippen molar-refractivity contribution in [2.24, 2.45) is 5.14 Å². The van der Waals surface area contributed by atoms with Crippen molar-refractivity contribution in [3.05, 3.63) is 41.7 Å². The quantitative estimate of drug-likeness (QED) is 0.608. The van der Waals surface area contributed by atoms with Crippen molar-refractivity contribution in [3.8, 4) is 0 Å². The topological polar surface area (TPSA) is 139 Å². The van der Waals surface area contributed by atoms with Gasteiger partial charge in [0.2, 0.25) is 5.91 Å². The van der Waals surface area contributed by atoms with E-state index >= 15 is 0 Å². The second-order valence-electron chi connectivity index (χ2n) is 4.97. The molecule has 0 aliphatic carbocycles. The predicted molar refractivity (Wildman–Crippen MR) is 92.1 cm³/mol. The highest BCUT2D eigenvalue weighted by atomic mass is 35.5. The van der Waals surface area contributed by atoms with Gasteiger partial charge in [0.15, 0.2) is 0 Å². The molecule has 0 saturated carbocycles. The van der Waals surface area contributed by atoms with Crippen LogP contribution in [0.4, 0.5) is 17.3 Å². The van der Waals surface area contributed by atoms with Gasteiger partial charge in [0.1, 0.15) is 18.0 Å². The summed E-state index contributed by atoms with van der Waals surface area (Å²) in [6, 6.07) is 6.73. The number of aromatic nitrogens is 2. The average molecular weight is 371 g/mol. The molecule has 128 valence electrons. The maximum absolute atomic E-state index is 11.4. The lowest BCUT2D eigenvalue weighted by molar-refractivity contribution is -0.115. The van der Waals surface area contributed by atoms with Gasteiger partial charge in [-0.15, -0.1) is 12.4 Å². The Hall–Kier alpha value is -2.43. The molecule has 0 unspecified atom stereocenters. The third-order valence-electron chi connectivity index (χ3n) is 3.21. The first-order chi connectivity index (χ1) is 10.9. The van der Waals surface area contributed by atoms with Crippen LogP contribution in [0.3, 0.4) is 0 Å². The minimum atomic E-state index is -3.78. The molecule has 2 aromatic rings. The maximum Gasteiger partial charge on any atom is 0.296 e. The zero-order valence-electron chi connectivity index (χ0n) is 12.3. The summed E-state index contributed by atoms with van der Waals surface area (Å²) in [7, 11) is -3.78. The van der Waals surface area contributed by atoms with E-state index < -0.39 is 10.2 Å². The molecule has 9 nitrogen and oxygen atoms in total. The van der Waals surface area contributed by atoms with Gasteiger partial charge in [-0.05, 0) is 17.7 Å². The molecule has 1 aromatic heterocycles. The number of anilines is 3. The lowest BCUT2D eigenvalue weighted by atomic mass is 10.2. The fraction of sp³-hybridized carbons (Fsp3) is 0.154. The van der Waals surface area contributed by atoms with Crippen molar-refractivity contribution >= 4 is 45.8 Å². The third kappa shape index (κ3) is 4.31. The van der Waals surface area contributed by atoms with Crippen LogP contribution < -0.4 is 20.5 Å². The van der Waals surface area contributed by atoms with E-state index in [-0.39, 0.29) is 24.7 Å². The summed E-state index contributed by atoms with van der Waals surface area (Å²) >= 11 is 0. The predicted octanol–water partition coefficient (Wildman–Crippen LogP) is 0.620. The molecule has 0 saturated heterocycles. The van der Waals surface area contributed by atoms with E-state index in [9.17, 15) is 13.2 Å². The average Bonchev–Trinajstić information content (AvgIpc) is 2.85. The van der Waals surface area contributed by atoms with Crippen molar-refractivity contribution in [2.75, 3.05) is 15.4 Å². The molecule has 1 aliphatic heterocycles. The van der Waals surface area contributed by atoms with Crippen LogP contribution in [0.1, 0.15) is 11.1 Å². The van der Waals surface area contributed by atoms with Crippen LogP contribution in [0.5, 0.6) is 0 Å². The first-order valence-corrected chi connectivity index (χ1v) is 8.22. The third-order valence-corrected chi connectivity index (χ3v) is 3.73. The highest BCUT2D eigenvalue weighted by molar-refractivity contribution is 7.90. The van der Waals surface area contributed by atoms with Gasteiger partial charge in [0.05, 0.1) is 6.42 Å². The molecule has 1 aliphatic rings. The number of amides is 1. The molecule has 0 fully saturated rings. The number of nitrogens with one attached hydrogen (secondary N) is 3. The van der Waals surface area contributed by atoms with Crippen LogP contribution in [-0.4, -0.2) is 24.3 Å². The van der Waals surface area contributed by atoms with Gasteiger partial charge in [-0.3, -0.25) is 9.52 Å². The molecule has 0 bridgehead atoms. The Labute approximate surface area is 144 Å². The van der Waals surface area contributed by atoms with E-state index in [1.54, 1.807) is 24.3 Å². The summed E-state index contributed by atoms with van der Waals surface area (Å²) in [5, 5.41) is 10.7. The minimum Gasteiger partial charge on any atom is -0.366 e. The molecule has 3 rings (SSSR count). The normalized spacial score (nSPS) is 12.8. The summed E-state index contributed by atoms with van der Waals surface area (Å²) in [6.45, 7) is 0.466. The number of hydrogen-bond donors (Lipinski definition) is 4. The first kappa shape index (κ1) is 17.9. The van der Waals surface area contributed by atoms with Gasteiger partial charge in [-0.25, -0.2) is 15.1 Å². The van der Waals surface area contributed by atoms with Gasteiger partial charge in [0, 0.05) is 17.8 Å². The lowest BCUT2D eigenvalue weighted by Crippen LogP contribution is -2.21. The van der Waals surface area contributed by atoms with Crippen molar-refractivity contribution in [3.63, 3.8) is 0 Å². The van der Waals surface area contributed by atoms with Gasteiger partial charge in [0.25, 0.3) is 10.2 Å². The monoisotopic (exact) mass is 370 g/mol. The van der Waals surface area contributed by atoms with E-state index in [4.69, 9.17) is 5.14 Å². The van der Waals surface area contributed by atoms with Gasteiger partial charge >= 0.3 is 0 Å². The van der Waals surface area contributed by atoms with Crippen molar-refractivity contribution < 1.29 is 13.2 Å². The second kappa shape index (κ2) is 6.99. The van der Waals surface area contributed by atoms with E-state index in [1.807, 2.05) is 0 Å². The molecular weight excluding hydrogens is 356 g/mol. The molecule has 0 spiro atoms. The number of halogens is 1. The highest BCUT2D eigenvalue weighted by Gasteiger charge is 2.22. The molecule has 2 heterocycles. The number of rotatable bonds is 5. The fourth-order valence-electron chi connectivity index (χ4n) is 2.22. The zero-order valence-corrected chi connectivity index (χ0v) is 13.9. The van der Waals surface area contributed by atoms with Crippen molar-refractivity contribution in [1.82, 2.24) is 9.97 Å². The number of carbonyl (C=O) groups excluding carboxylic acids is 1. The minimum absolute atomic E-state index is 0. The lowest BCUT2D eigenvalue weighted by Gasteiger charge is -2.09. The maximum atomic E-state index is 11.4.